The first-order chi connectivity index (χ1) is 9.57. The number of hydrogen-bond acceptors (Lipinski definition) is 3. The maximum Gasteiger partial charge on any atom is 0.243 e. The number of benzene rings is 1. The predicted molar refractivity (Wildman–Crippen MR) is 81.0 cm³/mol. The average molecular weight is 296 g/mol. The second-order valence-electron chi connectivity index (χ2n) is 5.48. The molecule has 0 saturated heterocycles. The van der Waals surface area contributed by atoms with E-state index in [1.54, 1.807) is 16.4 Å². The molecule has 0 aliphatic heterocycles. The van der Waals surface area contributed by atoms with E-state index in [4.69, 9.17) is 0 Å². The predicted octanol–water partition coefficient (Wildman–Crippen LogP) is 2.22. The molecule has 1 N–H and O–H groups in total. The normalized spacial score (nSPS) is 15.8. The molecule has 4 nitrogen and oxygen atoms in total. The number of nitrogens with one attached hydrogen (secondary N) is 1. The van der Waals surface area contributed by atoms with Crippen LogP contribution in [0.3, 0.4) is 0 Å². The summed E-state index contributed by atoms with van der Waals surface area (Å²) >= 11 is 0. The van der Waals surface area contributed by atoms with Crippen molar-refractivity contribution in [2.45, 2.75) is 37.6 Å². The zero-order chi connectivity index (χ0) is 14.6. The molecule has 1 aromatic carbocycles. The van der Waals surface area contributed by atoms with E-state index in [0.717, 1.165) is 31.4 Å². The van der Waals surface area contributed by atoms with E-state index in [1.807, 2.05) is 26.1 Å². The molecule has 0 atom stereocenters. The summed E-state index contributed by atoms with van der Waals surface area (Å²) in [5, 5.41) is 3.06. The van der Waals surface area contributed by atoms with Crippen molar-refractivity contribution in [1.82, 2.24) is 9.62 Å². The monoisotopic (exact) mass is 296 g/mol. The Hall–Kier alpha value is -0.910. The summed E-state index contributed by atoms with van der Waals surface area (Å²) < 4.78 is 27.0. The topological polar surface area (TPSA) is 49.4 Å². The third-order valence-corrected chi connectivity index (χ3v) is 5.45. The van der Waals surface area contributed by atoms with Crippen LogP contribution in [0.15, 0.2) is 29.2 Å². The molecule has 0 bridgehead atoms. The minimum atomic E-state index is -3.34. The van der Waals surface area contributed by atoms with Crippen molar-refractivity contribution in [3.8, 4) is 0 Å². The van der Waals surface area contributed by atoms with Gasteiger partial charge in [0.05, 0.1) is 4.90 Å². The van der Waals surface area contributed by atoms with Gasteiger partial charge in [-0.1, -0.05) is 19.1 Å². The second-order valence-corrected chi connectivity index (χ2v) is 7.42. The highest BCUT2D eigenvalue weighted by atomic mass is 32.2. The van der Waals surface area contributed by atoms with Gasteiger partial charge in [0.15, 0.2) is 0 Å². The van der Waals surface area contributed by atoms with Crippen molar-refractivity contribution >= 4 is 10.0 Å². The molecule has 0 unspecified atom stereocenters. The Morgan fingerprint density at radius 2 is 1.90 bits per heavy atom. The van der Waals surface area contributed by atoms with Crippen molar-refractivity contribution in [3.05, 3.63) is 29.8 Å². The summed E-state index contributed by atoms with van der Waals surface area (Å²) in [6.07, 6.45) is 3.18. The highest BCUT2D eigenvalue weighted by Crippen LogP contribution is 2.31. The van der Waals surface area contributed by atoms with Crippen LogP contribution >= 0.6 is 0 Å². The molecule has 0 amide bonds. The maximum absolute atomic E-state index is 12.7. The van der Waals surface area contributed by atoms with Gasteiger partial charge >= 0.3 is 0 Å². The Balaban J connectivity index is 2.17. The molecule has 0 spiro atoms. The van der Waals surface area contributed by atoms with E-state index >= 15 is 0 Å². The van der Waals surface area contributed by atoms with Gasteiger partial charge in [0.25, 0.3) is 0 Å². The van der Waals surface area contributed by atoms with Crippen molar-refractivity contribution in [1.29, 1.82) is 0 Å². The van der Waals surface area contributed by atoms with Gasteiger partial charge in [-0.2, -0.15) is 4.31 Å². The van der Waals surface area contributed by atoms with Crippen LogP contribution < -0.4 is 5.32 Å². The summed E-state index contributed by atoms with van der Waals surface area (Å²) in [6.45, 7) is 4.05. The Morgan fingerprint density at radius 3 is 2.40 bits per heavy atom. The van der Waals surface area contributed by atoms with Crippen molar-refractivity contribution in [2.75, 3.05) is 20.1 Å². The number of nitrogens with zero attached hydrogens (tertiary/aromatic N) is 1. The fraction of sp³-hybridized carbons (Fsp3) is 0.600. The minimum absolute atomic E-state index is 0.409. The Kier molecular flexibility index (Phi) is 5.18. The zero-order valence-electron chi connectivity index (χ0n) is 12.3. The lowest BCUT2D eigenvalue weighted by Crippen LogP contribution is -2.33. The molecule has 1 aliphatic rings. The molecule has 0 aromatic heterocycles. The Morgan fingerprint density at radius 1 is 1.25 bits per heavy atom. The van der Waals surface area contributed by atoms with Gasteiger partial charge in [-0.05, 0) is 49.9 Å². The molecule has 0 heterocycles. The SMILES string of the molecule is CCCN(CC1CC1)S(=O)(=O)c1ccc(CNC)cc1. The van der Waals surface area contributed by atoms with Crippen molar-refractivity contribution in [2.24, 2.45) is 5.92 Å². The Labute approximate surface area is 122 Å². The van der Waals surface area contributed by atoms with Gasteiger partial charge in [0.2, 0.25) is 10.0 Å². The molecule has 20 heavy (non-hydrogen) atoms. The highest BCUT2D eigenvalue weighted by molar-refractivity contribution is 7.89. The molecule has 1 aromatic rings. The Bertz CT molecular complexity index is 521. The summed E-state index contributed by atoms with van der Waals surface area (Å²) in [5.74, 6) is 0.569. The van der Waals surface area contributed by atoms with E-state index in [1.165, 1.54) is 0 Å². The summed E-state index contributed by atoms with van der Waals surface area (Å²) in [6, 6.07) is 7.20. The third kappa shape index (κ3) is 3.81. The number of sulfonamides is 1. The van der Waals surface area contributed by atoms with Crippen LogP contribution in [0.4, 0.5) is 0 Å². The molecule has 2 rings (SSSR count). The van der Waals surface area contributed by atoms with Crippen LogP contribution in [0.5, 0.6) is 0 Å². The minimum Gasteiger partial charge on any atom is -0.316 e. The van der Waals surface area contributed by atoms with E-state index in [0.29, 0.717) is 23.9 Å². The lowest BCUT2D eigenvalue weighted by atomic mass is 10.2. The number of hydrogen-bond donors (Lipinski definition) is 1. The fourth-order valence-corrected chi connectivity index (χ4v) is 3.89. The van der Waals surface area contributed by atoms with Gasteiger partial charge in [-0.15, -0.1) is 0 Å². The molecular formula is C15H24N2O2S. The molecule has 1 fully saturated rings. The van der Waals surface area contributed by atoms with E-state index in [2.05, 4.69) is 5.32 Å². The van der Waals surface area contributed by atoms with Gasteiger partial charge < -0.3 is 5.32 Å². The number of rotatable bonds is 8. The zero-order valence-corrected chi connectivity index (χ0v) is 13.1. The fourth-order valence-electron chi connectivity index (χ4n) is 2.28. The molecule has 5 heteroatoms. The quantitative estimate of drug-likeness (QED) is 0.800. The largest absolute Gasteiger partial charge is 0.316 e. The van der Waals surface area contributed by atoms with Crippen LogP contribution in [0.1, 0.15) is 31.7 Å². The van der Waals surface area contributed by atoms with Crippen LogP contribution in [0.2, 0.25) is 0 Å². The second kappa shape index (κ2) is 6.70. The van der Waals surface area contributed by atoms with Gasteiger partial charge in [-0.3, -0.25) is 0 Å². The van der Waals surface area contributed by atoms with Gasteiger partial charge in [-0.25, -0.2) is 8.42 Å². The summed E-state index contributed by atoms with van der Waals surface area (Å²) in [4.78, 5) is 0.409. The van der Waals surface area contributed by atoms with Crippen LogP contribution in [0.25, 0.3) is 0 Å². The van der Waals surface area contributed by atoms with E-state index in [-0.39, 0.29) is 0 Å². The van der Waals surface area contributed by atoms with E-state index < -0.39 is 10.0 Å². The molecular weight excluding hydrogens is 272 g/mol. The first-order valence-electron chi connectivity index (χ1n) is 7.31. The van der Waals surface area contributed by atoms with Gasteiger partial charge in [0, 0.05) is 19.6 Å². The lowest BCUT2D eigenvalue weighted by Gasteiger charge is -2.21. The standard InChI is InChI=1S/C15H24N2O2S/c1-3-10-17(12-14-4-5-14)20(18,19)15-8-6-13(7-9-15)11-16-2/h6-9,14,16H,3-5,10-12H2,1-2H3. The van der Waals surface area contributed by atoms with Crippen LogP contribution in [-0.4, -0.2) is 32.9 Å². The average Bonchev–Trinajstić information content (AvgIpc) is 3.23. The first-order valence-corrected chi connectivity index (χ1v) is 8.75. The smallest absolute Gasteiger partial charge is 0.243 e. The molecule has 1 aliphatic carbocycles. The van der Waals surface area contributed by atoms with Crippen LogP contribution in [0, 0.1) is 5.92 Å². The third-order valence-electron chi connectivity index (χ3n) is 3.57. The van der Waals surface area contributed by atoms with Crippen molar-refractivity contribution < 1.29 is 8.42 Å². The highest BCUT2D eigenvalue weighted by Gasteiger charge is 2.31. The molecule has 0 radical (unpaired) electrons. The maximum atomic E-state index is 12.7. The summed E-state index contributed by atoms with van der Waals surface area (Å²) in [7, 11) is -1.46. The van der Waals surface area contributed by atoms with Crippen LogP contribution in [-0.2, 0) is 16.6 Å². The molecule has 112 valence electrons. The molecule has 1 saturated carbocycles. The first kappa shape index (κ1) is 15.5. The lowest BCUT2D eigenvalue weighted by molar-refractivity contribution is 0.395. The van der Waals surface area contributed by atoms with Gasteiger partial charge in [0.1, 0.15) is 0 Å². The van der Waals surface area contributed by atoms with E-state index in [9.17, 15) is 8.42 Å². The summed E-state index contributed by atoms with van der Waals surface area (Å²) in [5.41, 5.74) is 1.09. The van der Waals surface area contributed by atoms with Crippen molar-refractivity contribution in [3.63, 3.8) is 0 Å².